The second-order valence-electron chi connectivity index (χ2n) is 9.73. The number of hydrogen-bond acceptors (Lipinski definition) is 5. The lowest BCUT2D eigenvalue weighted by Crippen LogP contribution is -2.34. The highest BCUT2D eigenvalue weighted by molar-refractivity contribution is 7.80. The Bertz CT molecular complexity index is 1150. The molecule has 0 aliphatic carbocycles. The van der Waals surface area contributed by atoms with Crippen LogP contribution in [0.4, 0.5) is 11.4 Å². The van der Waals surface area contributed by atoms with Crippen LogP contribution in [0.3, 0.4) is 0 Å². The van der Waals surface area contributed by atoms with Crippen molar-refractivity contribution >= 4 is 40.4 Å². The van der Waals surface area contributed by atoms with Gasteiger partial charge in [0.25, 0.3) is 5.17 Å². The van der Waals surface area contributed by atoms with E-state index in [2.05, 4.69) is 37.8 Å². The minimum Gasteiger partial charge on any atom is -0.491 e. The van der Waals surface area contributed by atoms with Gasteiger partial charge in [-0.3, -0.25) is 0 Å². The summed E-state index contributed by atoms with van der Waals surface area (Å²) in [4.78, 5) is 3.91. The number of ether oxygens (including phenoxy) is 3. The van der Waals surface area contributed by atoms with Crippen molar-refractivity contribution in [2.75, 3.05) is 44.2 Å². The fourth-order valence-corrected chi connectivity index (χ4v) is 3.97. The first-order valence-corrected chi connectivity index (χ1v) is 12.6. The molecular formula is C29H35ClN2O3S. The summed E-state index contributed by atoms with van der Waals surface area (Å²) < 4.78 is 17.6. The van der Waals surface area contributed by atoms with Gasteiger partial charge in [-0.1, -0.05) is 56.6 Å². The lowest BCUT2D eigenvalue weighted by atomic mass is 9.87. The maximum Gasteiger partial charge on any atom is 0.269 e. The van der Waals surface area contributed by atoms with E-state index in [9.17, 15) is 0 Å². The number of benzene rings is 3. The lowest BCUT2D eigenvalue weighted by molar-refractivity contribution is 0.0636. The van der Waals surface area contributed by atoms with Crippen LogP contribution in [0.2, 0.25) is 5.02 Å². The molecule has 192 valence electrons. The predicted octanol–water partition coefficient (Wildman–Crippen LogP) is 6.97. The molecule has 0 aromatic heterocycles. The summed E-state index contributed by atoms with van der Waals surface area (Å²) in [5.74, 6) is 1.43. The van der Waals surface area contributed by atoms with Crippen molar-refractivity contribution in [3.05, 3.63) is 83.4 Å². The zero-order valence-corrected chi connectivity index (χ0v) is 23.4. The van der Waals surface area contributed by atoms with Crippen LogP contribution in [-0.2, 0) is 10.2 Å². The van der Waals surface area contributed by atoms with Gasteiger partial charge in [0.15, 0.2) is 0 Å². The molecule has 3 rings (SSSR count). The summed E-state index contributed by atoms with van der Waals surface area (Å²) in [7, 11) is 5.57. The molecule has 0 bridgehead atoms. The summed E-state index contributed by atoms with van der Waals surface area (Å²) >= 11 is 11.7. The van der Waals surface area contributed by atoms with E-state index in [1.807, 2.05) is 79.7 Å². The largest absolute Gasteiger partial charge is 0.491 e. The Morgan fingerprint density at radius 3 is 2.22 bits per heavy atom. The van der Waals surface area contributed by atoms with Crippen LogP contribution < -0.4 is 19.3 Å². The monoisotopic (exact) mass is 526 g/mol. The zero-order valence-electron chi connectivity index (χ0n) is 21.8. The molecule has 0 fully saturated rings. The number of hydrogen-bond donors (Lipinski definition) is 0. The van der Waals surface area contributed by atoms with Crippen LogP contribution >= 0.6 is 23.8 Å². The van der Waals surface area contributed by atoms with Crippen molar-refractivity contribution in [1.82, 2.24) is 0 Å². The summed E-state index contributed by atoms with van der Waals surface area (Å²) in [6.07, 6.45) is -0.129. The molecule has 1 atom stereocenters. The fourth-order valence-electron chi connectivity index (χ4n) is 3.59. The van der Waals surface area contributed by atoms with Crippen LogP contribution in [0, 0.1) is 0 Å². The van der Waals surface area contributed by atoms with E-state index in [1.54, 1.807) is 7.11 Å². The topological polar surface area (TPSA) is 34.2 Å². The number of halogens is 1. The molecule has 0 N–H and O–H groups in total. The standard InChI is InChI=1S/C29H35ClN2O3S/c1-29(2,3)21-13-15-25(16-14-21)35-28(36)32(5)24-11-8-12-26(18-24)34-20-27(33-6)19-31(4)23-10-7-9-22(30)17-23/h7-18,27H,19-20H2,1-6H3. The number of anilines is 2. The molecule has 0 amide bonds. The summed E-state index contributed by atoms with van der Waals surface area (Å²) in [5, 5.41) is 1.06. The first kappa shape index (κ1) is 27.8. The molecule has 0 heterocycles. The van der Waals surface area contributed by atoms with Gasteiger partial charge in [-0.2, -0.15) is 0 Å². The Balaban J connectivity index is 1.58. The molecular weight excluding hydrogens is 492 g/mol. The van der Waals surface area contributed by atoms with Gasteiger partial charge >= 0.3 is 0 Å². The van der Waals surface area contributed by atoms with Crippen LogP contribution in [0.15, 0.2) is 72.8 Å². The van der Waals surface area contributed by atoms with Crippen molar-refractivity contribution < 1.29 is 14.2 Å². The van der Waals surface area contributed by atoms with E-state index < -0.39 is 0 Å². The van der Waals surface area contributed by atoms with Crippen molar-refractivity contribution in [2.24, 2.45) is 0 Å². The van der Waals surface area contributed by atoms with Gasteiger partial charge in [0, 0.05) is 50.2 Å². The molecule has 7 heteroatoms. The second-order valence-corrected chi connectivity index (χ2v) is 10.5. The maximum atomic E-state index is 6.13. The lowest BCUT2D eigenvalue weighted by Gasteiger charge is -2.25. The van der Waals surface area contributed by atoms with E-state index in [0.29, 0.717) is 29.1 Å². The van der Waals surface area contributed by atoms with Gasteiger partial charge in [-0.25, -0.2) is 0 Å². The van der Waals surface area contributed by atoms with Gasteiger partial charge in [0.05, 0.1) is 0 Å². The van der Waals surface area contributed by atoms with E-state index in [-0.39, 0.29) is 11.5 Å². The van der Waals surface area contributed by atoms with E-state index in [0.717, 1.165) is 17.1 Å². The number of thiocarbonyl (C=S) groups is 1. The van der Waals surface area contributed by atoms with Crippen LogP contribution in [0.25, 0.3) is 0 Å². The molecule has 3 aromatic rings. The SMILES string of the molecule is COC(COc1cccc(N(C)C(=S)Oc2ccc(C(C)(C)C)cc2)c1)CN(C)c1cccc(Cl)c1. The third-order valence-electron chi connectivity index (χ3n) is 5.90. The summed E-state index contributed by atoms with van der Waals surface area (Å²) in [6.45, 7) is 7.60. The molecule has 3 aromatic carbocycles. The van der Waals surface area contributed by atoms with Gasteiger partial charge < -0.3 is 24.0 Å². The first-order valence-electron chi connectivity index (χ1n) is 11.9. The van der Waals surface area contributed by atoms with Crippen molar-refractivity contribution in [3.63, 3.8) is 0 Å². The summed E-state index contributed by atoms with van der Waals surface area (Å²) in [6, 6.07) is 23.5. The van der Waals surface area contributed by atoms with Gasteiger partial charge in [0.1, 0.15) is 24.2 Å². The molecule has 0 aliphatic rings. The Morgan fingerprint density at radius 2 is 1.58 bits per heavy atom. The highest BCUT2D eigenvalue weighted by Crippen LogP contribution is 2.26. The minimum atomic E-state index is -0.129. The van der Waals surface area contributed by atoms with Crippen molar-refractivity contribution in [1.29, 1.82) is 0 Å². The molecule has 5 nitrogen and oxygen atoms in total. The van der Waals surface area contributed by atoms with Crippen LogP contribution in [-0.4, -0.2) is 45.6 Å². The Kier molecular flexibility index (Phi) is 9.60. The Morgan fingerprint density at radius 1 is 0.917 bits per heavy atom. The first-order chi connectivity index (χ1) is 17.1. The molecule has 0 saturated heterocycles. The molecule has 1 unspecified atom stereocenters. The fraction of sp³-hybridized carbons (Fsp3) is 0.345. The zero-order chi connectivity index (χ0) is 26.3. The predicted molar refractivity (Wildman–Crippen MR) is 154 cm³/mol. The van der Waals surface area contributed by atoms with E-state index in [4.69, 9.17) is 38.0 Å². The molecule has 0 aliphatic heterocycles. The molecule has 36 heavy (non-hydrogen) atoms. The second kappa shape index (κ2) is 12.4. The molecule has 0 radical (unpaired) electrons. The number of methoxy groups -OCH3 is 1. The van der Waals surface area contributed by atoms with Gasteiger partial charge in [-0.15, -0.1) is 0 Å². The smallest absolute Gasteiger partial charge is 0.269 e. The van der Waals surface area contributed by atoms with Crippen LogP contribution in [0.5, 0.6) is 11.5 Å². The number of nitrogens with zero attached hydrogens (tertiary/aromatic N) is 2. The van der Waals surface area contributed by atoms with Crippen molar-refractivity contribution in [2.45, 2.75) is 32.3 Å². The van der Waals surface area contributed by atoms with E-state index >= 15 is 0 Å². The maximum absolute atomic E-state index is 6.13. The van der Waals surface area contributed by atoms with Crippen molar-refractivity contribution in [3.8, 4) is 11.5 Å². The normalized spacial score (nSPS) is 12.1. The third-order valence-corrected chi connectivity index (χ3v) is 6.49. The van der Waals surface area contributed by atoms with Gasteiger partial charge in [-0.05, 0) is 65.7 Å². The van der Waals surface area contributed by atoms with Gasteiger partial charge in [0.2, 0.25) is 0 Å². The average molecular weight is 527 g/mol. The number of rotatable bonds is 9. The van der Waals surface area contributed by atoms with Crippen LogP contribution in [0.1, 0.15) is 26.3 Å². The minimum absolute atomic E-state index is 0.0861. The number of likely N-dealkylation sites (N-methyl/N-ethyl adjacent to an activating group) is 1. The quantitative estimate of drug-likeness (QED) is 0.280. The Hall–Kier alpha value is -2.80. The summed E-state index contributed by atoms with van der Waals surface area (Å²) in [5.41, 5.74) is 3.22. The third kappa shape index (κ3) is 7.85. The van der Waals surface area contributed by atoms with E-state index in [1.165, 1.54) is 5.56 Å². The average Bonchev–Trinajstić information content (AvgIpc) is 2.85. The highest BCUT2D eigenvalue weighted by Gasteiger charge is 2.16. The highest BCUT2D eigenvalue weighted by atomic mass is 35.5. The molecule has 0 saturated carbocycles. The Labute approximate surface area is 225 Å². The molecule has 0 spiro atoms.